The predicted octanol–water partition coefficient (Wildman–Crippen LogP) is 2.56. The van der Waals surface area contributed by atoms with Crippen molar-refractivity contribution in [3.8, 4) is 0 Å². The van der Waals surface area contributed by atoms with E-state index in [1.54, 1.807) is 11.3 Å². The van der Waals surface area contributed by atoms with Crippen LogP contribution in [0.15, 0.2) is 16.8 Å². The molecule has 108 valence electrons. The maximum atomic E-state index is 12.1. The molecule has 2 aromatic heterocycles. The number of nitrogen functional groups attached to an aromatic ring is 1. The number of nitrogens with two attached hydrogens (primary N) is 1. The molecule has 0 saturated heterocycles. The first kappa shape index (κ1) is 14.8. The van der Waals surface area contributed by atoms with Crippen LogP contribution in [0.25, 0.3) is 0 Å². The molecule has 0 aliphatic rings. The monoisotopic (exact) mass is 310 g/mol. The highest BCUT2D eigenvalue weighted by Gasteiger charge is 2.17. The van der Waals surface area contributed by atoms with Gasteiger partial charge in [-0.25, -0.2) is 4.98 Å². The lowest BCUT2D eigenvalue weighted by molar-refractivity contribution is 0.0955. The molecule has 0 fully saturated rings. The van der Waals surface area contributed by atoms with E-state index in [1.165, 1.54) is 11.3 Å². The van der Waals surface area contributed by atoms with Gasteiger partial charge in [-0.1, -0.05) is 18.3 Å². The van der Waals surface area contributed by atoms with Crippen LogP contribution in [0.4, 0.5) is 10.9 Å². The first-order valence-electron chi connectivity index (χ1n) is 6.38. The number of hydrogen-bond acceptors (Lipinski definition) is 6. The SMILES string of the molecule is CCCN(C)c1nc(N)c(C(=O)NCc2ccsc2)s1. The zero-order valence-electron chi connectivity index (χ0n) is 11.5. The van der Waals surface area contributed by atoms with Crippen LogP contribution < -0.4 is 16.0 Å². The van der Waals surface area contributed by atoms with Gasteiger partial charge in [0, 0.05) is 20.1 Å². The standard InChI is InChI=1S/C13H18N4OS2/c1-3-5-17(2)13-16-11(14)10(20-13)12(18)15-7-9-4-6-19-8-9/h4,6,8H,3,5,7,14H2,1-2H3,(H,15,18). The van der Waals surface area contributed by atoms with Crippen molar-refractivity contribution >= 4 is 39.5 Å². The molecule has 0 aliphatic heterocycles. The lowest BCUT2D eigenvalue weighted by Gasteiger charge is -2.13. The molecule has 0 bridgehead atoms. The number of aromatic nitrogens is 1. The third kappa shape index (κ3) is 3.49. The van der Waals surface area contributed by atoms with Crippen molar-refractivity contribution < 1.29 is 4.79 Å². The molecule has 1 amide bonds. The zero-order valence-corrected chi connectivity index (χ0v) is 13.2. The van der Waals surface area contributed by atoms with Crippen molar-refractivity contribution in [3.05, 3.63) is 27.3 Å². The molecule has 5 nitrogen and oxygen atoms in total. The van der Waals surface area contributed by atoms with Gasteiger partial charge in [0.25, 0.3) is 5.91 Å². The van der Waals surface area contributed by atoms with Crippen LogP contribution >= 0.6 is 22.7 Å². The fourth-order valence-electron chi connectivity index (χ4n) is 1.73. The third-order valence-corrected chi connectivity index (χ3v) is 4.68. The van der Waals surface area contributed by atoms with Gasteiger partial charge in [-0.05, 0) is 28.8 Å². The third-order valence-electron chi connectivity index (χ3n) is 2.77. The fourth-order valence-corrected chi connectivity index (χ4v) is 3.29. The Morgan fingerprint density at radius 2 is 2.35 bits per heavy atom. The second-order valence-corrected chi connectivity index (χ2v) is 6.20. The highest BCUT2D eigenvalue weighted by Crippen LogP contribution is 2.27. The van der Waals surface area contributed by atoms with Crippen LogP contribution in [-0.4, -0.2) is 24.5 Å². The molecule has 0 atom stereocenters. The average Bonchev–Trinajstić information content (AvgIpc) is 3.05. The van der Waals surface area contributed by atoms with Crippen LogP contribution in [0.1, 0.15) is 28.6 Å². The maximum absolute atomic E-state index is 12.1. The Morgan fingerprint density at radius 1 is 1.55 bits per heavy atom. The molecular formula is C13H18N4OS2. The molecule has 2 aromatic rings. The van der Waals surface area contributed by atoms with E-state index >= 15 is 0 Å². The normalized spacial score (nSPS) is 10.5. The summed E-state index contributed by atoms with van der Waals surface area (Å²) in [4.78, 5) is 18.9. The van der Waals surface area contributed by atoms with E-state index in [2.05, 4.69) is 17.2 Å². The van der Waals surface area contributed by atoms with Gasteiger partial charge in [0.1, 0.15) is 10.7 Å². The average molecular weight is 310 g/mol. The second kappa shape index (κ2) is 6.71. The number of carbonyl (C=O) groups is 1. The molecule has 0 saturated carbocycles. The Balaban J connectivity index is 2.02. The van der Waals surface area contributed by atoms with Crippen molar-refractivity contribution in [3.63, 3.8) is 0 Å². The Labute approximate surface area is 126 Å². The highest BCUT2D eigenvalue weighted by atomic mass is 32.1. The Bertz CT molecular complexity index is 565. The van der Waals surface area contributed by atoms with Crippen LogP contribution in [0.5, 0.6) is 0 Å². The molecule has 0 spiro atoms. The number of anilines is 2. The molecule has 0 radical (unpaired) electrons. The van der Waals surface area contributed by atoms with Gasteiger partial charge < -0.3 is 16.0 Å². The Kier molecular flexibility index (Phi) is 4.97. The van der Waals surface area contributed by atoms with E-state index in [0.29, 0.717) is 17.2 Å². The summed E-state index contributed by atoms with van der Waals surface area (Å²) in [6.07, 6.45) is 1.02. The van der Waals surface area contributed by atoms with Crippen LogP contribution in [0.2, 0.25) is 0 Å². The minimum atomic E-state index is -0.164. The molecule has 2 heterocycles. The number of thiophene rings is 1. The molecule has 7 heteroatoms. The summed E-state index contributed by atoms with van der Waals surface area (Å²) in [5, 5.41) is 7.65. The van der Waals surface area contributed by atoms with Gasteiger partial charge in [0.05, 0.1) is 0 Å². The molecule has 0 unspecified atom stereocenters. The van der Waals surface area contributed by atoms with E-state index in [1.807, 2.05) is 28.8 Å². The largest absolute Gasteiger partial charge is 0.382 e. The van der Waals surface area contributed by atoms with Gasteiger partial charge in [0.2, 0.25) is 0 Å². The van der Waals surface area contributed by atoms with Crippen molar-refractivity contribution in [1.29, 1.82) is 0 Å². The summed E-state index contributed by atoms with van der Waals surface area (Å²) in [5.41, 5.74) is 6.93. The van der Waals surface area contributed by atoms with Crippen LogP contribution in [-0.2, 0) is 6.54 Å². The number of thiazole rings is 1. The molecule has 2 rings (SSSR count). The highest BCUT2D eigenvalue weighted by molar-refractivity contribution is 7.18. The quantitative estimate of drug-likeness (QED) is 0.860. The minimum Gasteiger partial charge on any atom is -0.382 e. The lowest BCUT2D eigenvalue weighted by atomic mass is 10.3. The number of nitrogens with one attached hydrogen (secondary N) is 1. The number of rotatable bonds is 6. The fraction of sp³-hybridized carbons (Fsp3) is 0.385. The molecule has 3 N–H and O–H groups in total. The number of carbonyl (C=O) groups excluding carboxylic acids is 1. The molecule has 0 aromatic carbocycles. The zero-order chi connectivity index (χ0) is 14.5. The summed E-state index contributed by atoms with van der Waals surface area (Å²) in [6, 6.07) is 1.99. The first-order chi connectivity index (χ1) is 9.61. The topological polar surface area (TPSA) is 71.2 Å². The predicted molar refractivity (Wildman–Crippen MR) is 85.6 cm³/mol. The van der Waals surface area contributed by atoms with Crippen LogP contribution in [0.3, 0.4) is 0 Å². The molecular weight excluding hydrogens is 292 g/mol. The lowest BCUT2D eigenvalue weighted by Crippen LogP contribution is -2.22. The van der Waals surface area contributed by atoms with E-state index in [4.69, 9.17) is 5.73 Å². The summed E-state index contributed by atoms with van der Waals surface area (Å²) in [5.74, 6) is 0.137. The minimum absolute atomic E-state index is 0.164. The summed E-state index contributed by atoms with van der Waals surface area (Å²) in [6.45, 7) is 3.50. The summed E-state index contributed by atoms with van der Waals surface area (Å²) < 4.78 is 0. The van der Waals surface area contributed by atoms with Gasteiger partial charge >= 0.3 is 0 Å². The second-order valence-electron chi connectivity index (χ2n) is 4.45. The van der Waals surface area contributed by atoms with Crippen molar-refractivity contribution in [2.24, 2.45) is 0 Å². The van der Waals surface area contributed by atoms with E-state index in [0.717, 1.165) is 23.7 Å². The number of hydrogen-bond donors (Lipinski definition) is 2. The first-order valence-corrected chi connectivity index (χ1v) is 8.14. The Hall–Kier alpha value is -1.60. The van der Waals surface area contributed by atoms with Crippen molar-refractivity contribution in [2.45, 2.75) is 19.9 Å². The van der Waals surface area contributed by atoms with Gasteiger partial charge in [-0.3, -0.25) is 4.79 Å². The Morgan fingerprint density at radius 3 is 3.00 bits per heavy atom. The van der Waals surface area contributed by atoms with Crippen molar-refractivity contribution in [1.82, 2.24) is 10.3 Å². The van der Waals surface area contributed by atoms with Gasteiger partial charge in [-0.15, -0.1) is 0 Å². The van der Waals surface area contributed by atoms with Crippen LogP contribution in [0, 0.1) is 0 Å². The maximum Gasteiger partial charge on any atom is 0.265 e. The van der Waals surface area contributed by atoms with E-state index in [-0.39, 0.29) is 5.91 Å². The van der Waals surface area contributed by atoms with E-state index < -0.39 is 0 Å². The van der Waals surface area contributed by atoms with Crippen molar-refractivity contribution in [2.75, 3.05) is 24.2 Å². The number of amides is 1. The smallest absolute Gasteiger partial charge is 0.265 e. The molecule has 0 aliphatic carbocycles. The summed E-state index contributed by atoms with van der Waals surface area (Å²) in [7, 11) is 1.95. The van der Waals surface area contributed by atoms with E-state index in [9.17, 15) is 4.79 Å². The number of nitrogens with zero attached hydrogens (tertiary/aromatic N) is 2. The van der Waals surface area contributed by atoms with Gasteiger partial charge in [-0.2, -0.15) is 11.3 Å². The van der Waals surface area contributed by atoms with Gasteiger partial charge in [0.15, 0.2) is 5.13 Å². The summed E-state index contributed by atoms with van der Waals surface area (Å²) >= 11 is 2.94. The molecule has 20 heavy (non-hydrogen) atoms.